The van der Waals surface area contributed by atoms with Gasteiger partial charge in [0.25, 0.3) is 5.91 Å². The lowest BCUT2D eigenvalue weighted by Gasteiger charge is -2.10. The summed E-state index contributed by atoms with van der Waals surface area (Å²) in [4.78, 5) is 12.7. The highest BCUT2D eigenvalue weighted by atomic mass is 35.5. The van der Waals surface area contributed by atoms with E-state index in [-0.39, 0.29) is 5.57 Å². The molecule has 4 rings (SSSR count). The number of rotatable bonds is 9. The van der Waals surface area contributed by atoms with Crippen LogP contribution in [0.15, 0.2) is 103 Å². The lowest BCUT2D eigenvalue weighted by Crippen LogP contribution is -2.13. The summed E-state index contributed by atoms with van der Waals surface area (Å²) in [6.07, 6.45) is 1.48. The van der Waals surface area contributed by atoms with Crippen LogP contribution in [0.4, 0.5) is 5.69 Å². The molecule has 0 radical (unpaired) electrons. The highest BCUT2D eigenvalue weighted by Crippen LogP contribution is 2.27. The predicted octanol–water partition coefficient (Wildman–Crippen LogP) is 7.70. The first kappa shape index (κ1) is 25.8. The summed E-state index contributed by atoms with van der Waals surface area (Å²) < 4.78 is 11.5. The van der Waals surface area contributed by atoms with E-state index in [0.29, 0.717) is 46.0 Å². The van der Waals surface area contributed by atoms with Crippen molar-refractivity contribution in [2.24, 2.45) is 0 Å². The standard InChI is InChI=1S/C30H22Cl2N2O3/c31-27-9-5-4-8-23(27)20-36-26-13-11-25(12-14-26)34-30(35)24(18-33)16-22-10-15-29(28(32)17-22)37-19-21-6-2-1-3-7-21/h1-17H,19-20H2,(H,34,35)/b24-16+. The number of hydrogen-bond donors (Lipinski definition) is 1. The third-order valence-electron chi connectivity index (χ3n) is 5.33. The van der Waals surface area contributed by atoms with Gasteiger partial charge in [-0.2, -0.15) is 5.26 Å². The molecule has 1 amide bonds. The van der Waals surface area contributed by atoms with E-state index in [1.807, 2.05) is 54.6 Å². The molecule has 4 aromatic carbocycles. The Morgan fingerprint density at radius 3 is 2.27 bits per heavy atom. The number of ether oxygens (including phenoxy) is 2. The van der Waals surface area contributed by atoms with E-state index in [2.05, 4.69) is 5.32 Å². The fourth-order valence-electron chi connectivity index (χ4n) is 3.38. The predicted molar refractivity (Wildman–Crippen MR) is 147 cm³/mol. The van der Waals surface area contributed by atoms with Gasteiger partial charge in [-0.25, -0.2) is 0 Å². The summed E-state index contributed by atoms with van der Waals surface area (Å²) in [5, 5.41) is 13.3. The molecule has 0 heterocycles. The van der Waals surface area contributed by atoms with Gasteiger partial charge >= 0.3 is 0 Å². The monoisotopic (exact) mass is 528 g/mol. The second-order valence-electron chi connectivity index (χ2n) is 7.99. The molecule has 0 saturated heterocycles. The fourth-order valence-corrected chi connectivity index (χ4v) is 3.82. The average Bonchev–Trinajstić information content (AvgIpc) is 2.92. The minimum absolute atomic E-state index is 0.0620. The molecule has 0 bridgehead atoms. The number of hydrogen-bond acceptors (Lipinski definition) is 4. The molecule has 0 atom stereocenters. The lowest BCUT2D eigenvalue weighted by molar-refractivity contribution is -0.112. The van der Waals surface area contributed by atoms with E-state index < -0.39 is 5.91 Å². The van der Waals surface area contributed by atoms with Crippen LogP contribution in [0.3, 0.4) is 0 Å². The third-order valence-corrected chi connectivity index (χ3v) is 6.00. The van der Waals surface area contributed by atoms with Gasteiger partial charge in [0.1, 0.15) is 36.4 Å². The van der Waals surface area contributed by atoms with E-state index in [4.69, 9.17) is 32.7 Å². The number of carbonyl (C=O) groups excluding carboxylic acids is 1. The van der Waals surface area contributed by atoms with Crippen molar-refractivity contribution in [2.75, 3.05) is 5.32 Å². The van der Waals surface area contributed by atoms with Crippen molar-refractivity contribution in [1.82, 2.24) is 0 Å². The molecule has 0 unspecified atom stereocenters. The summed E-state index contributed by atoms with van der Waals surface area (Å²) in [5.74, 6) is 0.605. The molecule has 184 valence electrons. The maximum absolute atomic E-state index is 12.7. The van der Waals surface area contributed by atoms with Gasteiger partial charge in [-0.3, -0.25) is 4.79 Å². The van der Waals surface area contributed by atoms with Gasteiger partial charge in [0.05, 0.1) is 5.02 Å². The molecule has 0 aliphatic rings. The van der Waals surface area contributed by atoms with E-state index >= 15 is 0 Å². The maximum Gasteiger partial charge on any atom is 0.266 e. The Labute approximate surface area is 225 Å². The highest BCUT2D eigenvalue weighted by molar-refractivity contribution is 6.32. The van der Waals surface area contributed by atoms with Gasteiger partial charge in [0.2, 0.25) is 0 Å². The van der Waals surface area contributed by atoms with Crippen LogP contribution in [-0.2, 0) is 18.0 Å². The molecule has 0 aliphatic heterocycles. The average molecular weight is 529 g/mol. The third kappa shape index (κ3) is 7.37. The first-order valence-electron chi connectivity index (χ1n) is 11.4. The van der Waals surface area contributed by atoms with Crippen molar-refractivity contribution < 1.29 is 14.3 Å². The largest absolute Gasteiger partial charge is 0.489 e. The Kier molecular flexibility index (Phi) is 8.83. The normalized spacial score (nSPS) is 10.9. The molecular weight excluding hydrogens is 507 g/mol. The van der Waals surface area contributed by atoms with Gasteiger partial charge in [-0.1, -0.05) is 77.8 Å². The number of nitrogens with zero attached hydrogens (tertiary/aromatic N) is 1. The van der Waals surface area contributed by atoms with Crippen LogP contribution in [0, 0.1) is 11.3 Å². The van der Waals surface area contributed by atoms with Crippen molar-refractivity contribution in [3.05, 3.63) is 129 Å². The van der Waals surface area contributed by atoms with Crippen LogP contribution in [0.25, 0.3) is 6.08 Å². The number of carbonyl (C=O) groups is 1. The SMILES string of the molecule is N#C/C(=C\c1ccc(OCc2ccccc2)c(Cl)c1)C(=O)Nc1ccc(OCc2ccccc2Cl)cc1. The number of amides is 1. The molecular formula is C30H22Cl2N2O3. The molecule has 1 N–H and O–H groups in total. The van der Waals surface area contributed by atoms with E-state index in [9.17, 15) is 10.1 Å². The van der Waals surface area contributed by atoms with E-state index in [1.165, 1.54) is 6.08 Å². The minimum atomic E-state index is -0.534. The minimum Gasteiger partial charge on any atom is -0.489 e. The zero-order chi connectivity index (χ0) is 26.0. The van der Waals surface area contributed by atoms with Crippen LogP contribution >= 0.6 is 23.2 Å². The smallest absolute Gasteiger partial charge is 0.266 e. The fraction of sp³-hybridized carbons (Fsp3) is 0.0667. The summed E-state index contributed by atoms with van der Waals surface area (Å²) in [7, 11) is 0. The van der Waals surface area contributed by atoms with Crippen molar-refractivity contribution in [2.45, 2.75) is 13.2 Å². The first-order chi connectivity index (χ1) is 18.0. The molecule has 0 aromatic heterocycles. The molecule has 5 nitrogen and oxygen atoms in total. The second-order valence-corrected chi connectivity index (χ2v) is 8.81. The zero-order valence-corrected chi connectivity index (χ0v) is 21.2. The Balaban J connectivity index is 1.36. The Hall–Kier alpha value is -4.24. The van der Waals surface area contributed by atoms with E-state index in [0.717, 1.165) is 11.1 Å². The first-order valence-corrected chi connectivity index (χ1v) is 12.1. The van der Waals surface area contributed by atoms with Gasteiger partial charge in [0, 0.05) is 16.3 Å². The van der Waals surface area contributed by atoms with Crippen LogP contribution in [0.2, 0.25) is 10.0 Å². The molecule has 37 heavy (non-hydrogen) atoms. The van der Waals surface area contributed by atoms with Gasteiger partial charge < -0.3 is 14.8 Å². The van der Waals surface area contributed by atoms with Crippen LogP contribution in [-0.4, -0.2) is 5.91 Å². The van der Waals surface area contributed by atoms with Crippen LogP contribution < -0.4 is 14.8 Å². The number of benzene rings is 4. The molecule has 4 aromatic rings. The van der Waals surface area contributed by atoms with Crippen LogP contribution in [0.1, 0.15) is 16.7 Å². The van der Waals surface area contributed by atoms with Crippen molar-refractivity contribution in [1.29, 1.82) is 5.26 Å². The number of nitrogens with one attached hydrogen (secondary N) is 1. The van der Waals surface area contributed by atoms with Crippen molar-refractivity contribution in [3.63, 3.8) is 0 Å². The zero-order valence-electron chi connectivity index (χ0n) is 19.7. The number of nitriles is 1. The summed E-state index contributed by atoms with van der Waals surface area (Å²) in [5.41, 5.74) is 2.96. The second kappa shape index (κ2) is 12.6. The summed E-state index contributed by atoms with van der Waals surface area (Å²) in [6, 6.07) is 31.1. The number of halogens is 2. The summed E-state index contributed by atoms with van der Waals surface area (Å²) in [6.45, 7) is 0.705. The molecule has 0 aliphatic carbocycles. The molecule has 7 heteroatoms. The quantitative estimate of drug-likeness (QED) is 0.178. The topological polar surface area (TPSA) is 71.3 Å². The Morgan fingerprint density at radius 2 is 1.57 bits per heavy atom. The molecule has 0 spiro atoms. The van der Waals surface area contributed by atoms with Gasteiger partial charge in [-0.15, -0.1) is 0 Å². The highest BCUT2D eigenvalue weighted by Gasteiger charge is 2.11. The van der Waals surface area contributed by atoms with E-state index in [1.54, 1.807) is 48.5 Å². The number of anilines is 1. The Morgan fingerprint density at radius 1 is 0.838 bits per heavy atom. The molecule has 0 saturated carbocycles. The van der Waals surface area contributed by atoms with Crippen molar-refractivity contribution >= 4 is 40.9 Å². The summed E-state index contributed by atoms with van der Waals surface area (Å²) >= 11 is 12.5. The molecule has 0 fully saturated rings. The lowest BCUT2D eigenvalue weighted by atomic mass is 10.1. The van der Waals surface area contributed by atoms with Crippen molar-refractivity contribution in [3.8, 4) is 17.6 Å². The maximum atomic E-state index is 12.7. The van der Waals surface area contributed by atoms with Gasteiger partial charge in [-0.05, 0) is 59.7 Å². The van der Waals surface area contributed by atoms with Crippen LogP contribution in [0.5, 0.6) is 11.5 Å². The van der Waals surface area contributed by atoms with Gasteiger partial charge in [0.15, 0.2) is 0 Å². The Bertz CT molecular complexity index is 1450.